The second-order valence-electron chi connectivity index (χ2n) is 5.24. The predicted molar refractivity (Wildman–Crippen MR) is 83.9 cm³/mol. The predicted octanol–water partition coefficient (Wildman–Crippen LogP) is 1.94. The fraction of sp³-hybridized carbons (Fsp3) is 0.125. The zero-order valence-electron chi connectivity index (χ0n) is 12.0. The van der Waals surface area contributed by atoms with Crippen LogP contribution in [0, 0.1) is 0 Å². The van der Waals surface area contributed by atoms with Crippen molar-refractivity contribution in [2.24, 2.45) is 0 Å². The molecule has 3 heterocycles. The first-order valence-electron chi connectivity index (χ1n) is 6.90. The van der Waals surface area contributed by atoms with Gasteiger partial charge in [-0.2, -0.15) is 0 Å². The Morgan fingerprint density at radius 3 is 3.00 bits per heavy atom. The van der Waals surface area contributed by atoms with E-state index in [4.69, 9.17) is 10.5 Å². The van der Waals surface area contributed by atoms with Gasteiger partial charge in [0.05, 0.1) is 17.1 Å². The van der Waals surface area contributed by atoms with E-state index in [1.54, 1.807) is 11.9 Å². The minimum Gasteiger partial charge on any atom is -0.482 e. The van der Waals surface area contributed by atoms with Crippen LogP contribution in [0.2, 0.25) is 0 Å². The second kappa shape index (κ2) is 4.49. The van der Waals surface area contributed by atoms with E-state index in [2.05, 4.69) is 4.98 Å². The quantitative estimate of drug-likeness (QED) is 0.744. The molecule has 0 saturated carbocycles. The number of rotatable bonds is 1. The van der Waals surface area contributed by atoms with E-state index >= 15 is 0 Å². The molecule has 0 spiro atoms. The van der Waals surface area contributed by atoms with Gasteiger partial charge in [0.2, 0.25) is 0 Å². The number of nitrogens with zero attached hydrogens (tertiary/aromatic N) is 3. The number of likely N-dealkylation sites (N-methyl/N-ethyl adjacent to an activating group) is 1. The Hall–Kier alpha value is -3.02. The monoisotopic (exact) mass is 294 g/mol. The summed E-state index contributed by atoms with van der Waals surface area (Å²) in [7, 11) is 1.75. The van der Waals surface area contributed by atoms with Crippen LogP contribution in [0.1, 0.15) is 0 Å². The van der Waals surface area contributed by atoms with Crippen LogP contribution in [-0.4, -0.2) is 28.9 Å². The molecule has 1 aliphatic rings. The maximum atomic E-state index is 11.8. The Bertz CT molecular complexity index is 900. The van der Waals surface area contributed by atoms with Gasteiger partial charge >= 0.3 is 0 Å². The number of aromatic nitrogens is 2. The van der Waals surface area contributed by atoms with Gasteiger partial charge in [0.25, 0.3) is 5.91 Å². The first-order valence-corrected chi connectivity index (χ1v) is 6.90. The average molecular weight is 294 g/mol. The lowest BCUT2D eigenvalue weighted by Crippen LogP contribution is -2.35. The average Bonchev–Trinajstić information content (AvgIpc) is 2.96. The lowest BCUT2D eigenvalue weighted by Gasteiger charge is -2.26. The molecule has 0 radical (unpaired) electrons. The van der Waals surface area contributed by atoms with Crippen molar-refractivity contribution in [3.05, 3.63) is 42.7 Å². The van der Waals surface area contributed by atoms with E-state index in [0.29, 0.717) is 11.4 Å². The molecule has 110 valence electrons. The molecule has 0 aliphatic carbocycles. The molecule has 0 fully saturated rings. The summed E-state index contributed by atoms with van der Waals surface area (Å²) in [5.74, 6) is 0.637. The van der Waals surface area contributed by atoms with E-state index < -0.39 is 0 Å². The standard InChI is InChI=1S/C16H14N4O2/c1-19-13-7-10(4-5-14(13)22-9-15(19)21)12-8-20-6-2-3-11(17)16(20)18-12/h2-8H,9,17H2,1H3. The molecule has 0 saturated heterocycles. The maximum absolute atomic E-state index is 11.8. The zero-order chi connectivity index (χ0) is 15.3. The summed E-state index contributed by atoms with van der Waals surface area (Å²) in [5, 5.41) is 0. The Morgan fingerprint density at radius 1 is 1.32 bits per heavy atom. The second-order valence-corrected chi connectivity index (χ2v) is 5.24. The van der Waals surface area contributed by atoms with Crippen molar-refractivity contribution >= 4 is 22.9 Å². The smallest absolute Gasteiger partial charge is 0.264 e. The molecule has 3 aromatic rings. The number of carbonyl (C=O) groups excluding carboxylic acids is 1. The minimum atomic E-state index is -0.0658. The first kappa shape index (κ1) is 12.7. The van der Waals surface area contributed by atoms with Gasteiger partial charge in [-0.05, 0) is 30.3 Å². The zero-order valence-corrected chi connectivity index (χ0v) is 12.0. The third-order valence-corrected chi connectivity index (χ3v) is 3.85. The van der Waals surface area contributed by atoms with Crippen LogP contribution in [-0.2, 0) is 4.79 Å². The van der Waals surface area contributed by atoms with Crippen LogP contribution in [0.3, 0.4) is 0 Å². The van der Waals surface area contributed by atoms with Crippen molar-refractivity contribution in [3.63, 3.8) is 0 Å². The lowest BCUT2D eigenvalue weighted by atomic mass is 10.1. The molecule has 1 aliphatic heterocycles. The summed E-state index contributed by atoms with van der Waals surface area (Å²) >= 11 is 0. The molecule has 0 unspecified atom stereocenters. The maximum Gasteiger partial charge on any atom is 0.264 e. The van der Waals surface area contributed by atoms with Crippen LogP contribution in [0.4, 0.5) is 11.4 Å². The van der Waals surface area contributed by atoms with Gasteiger partial charge in [-0.15, -0.1) is 0 Å². The highest BCUT2D eigenvalue weighted by molar-refractivity contribution is 5.98. The number of anilines is 2. The van der Waals surface area contributed by atoms with Crippen LogP contribution in [0.5, 0.6) is 5.75 Å². The van der Waals surface area contributed by atoms with Crippen LogP contribution in [0.15, 0.2) is 42.7 Å². The molecule has 1 amide bonds. The summed E-state index contributed by atoms with van der Waals surface area (Å²) in [6.07, 6.45) is 3.82. The molecule has 0 atom stereocenters. The number of nitrogen functional groups attached to an aromatic ring is 1. The van der Waals surface area contributed by atoms with Crippen LogP contribution in [0.25, 0.3) is 16.9 Å². The third-order valence-electron chi connectivity index (χ3n) is 3.85. The van der Waals surface area contributed by atoms with E-state index in [9.17, 15) is 4.79 Å². The number of nitrogens with two attached hydrogens (primary N) is 1. The largest absolute Gasteiger partial charge is 0.482 e. The number of amides is 1. The Kier molecular flexibility index (Phi) is 2.59. The molecular formula is C16H14N4O2. The lowest BCUT2D eigenvalue weighted by molar-refractivity contribution is -0.120. The molecule has 2 N–H and O–H groups in total. The number of imidazole rings is 1. The normalized spacial score (nSPS) is 14.0. The number of pyridine rings is 1. The van der Waals surface area contributed by atoms with Gasteiger partial charge in [-0.25, -0.2) is 4.98 Å². The fourth-order valence-electron chi connectivity index (χ4n) is 2.61. The van der Waals surface area contributed by atoms with Gasteiger partial charge in [-0.1, -0.05) is 0 Å². The molecule has 6 heteroatoms. The number of fused-ring (bicyclic) bond motifs is 2. The summed E-state index contributed by atoms with van der Waals surface area (Å²) in [6.45, 7) is 0.0771. The molecule has 6 nitrogen and oxygen atoms in total. The summed E-state index contributed by atoms with van der Waals surface area (Å²) in [6, 6.07) is 9.39. The SMILES string of the molecule is CN1C(=O)COc2ccc(-c3cn4cccc(N)c4n3)cc21. The Morgan fingerprint density at radius 2 is 2.18 bits per heavy atom. The van der Waals surface area contributed by atoms with Gasteiger partial charge < -0.3 is 19.8 Å². The molecule has 2 aromatic heterocycles. The van der Waals surface area contributed by atoms with E-state index in [1.807, 2.05) is 47.1 Å². The fourth-order valence-corrected chi connectivity index (χ4v) is 2.61. The number of hydrogen-bond donors (Lipinski definition) is 1. The van der Waals surface area contributed by atoms with Gasteiger partial charge in [0.15, 0.2) is 12.3 Å². The molecular weight excluding hydrogens is 280 g/mol. The highest BCUT2D eigenvalue weighted by Gasteiger charge is 2.22. The summed E-state index contributed by atoms with van der Waals surface area (Å²) in [5.41, 5.74) is 9.74. The minimum absolute atomic E-state index is 0.0658. The molecule has 0 bridgehead atoms. The van der Waals surface area contributed by atoms with Crippen molar-refractivity contribution in [2.75, 3.05) is 24.3 Å². The Balaban J connectivity index is 1.85. The number of ether oxygens (including phenoxy) is 1. The molecule has 4 rings (SSSR count). The summed E-state index contributed by atoms with van der Waals surface area (Å²) < 4.78 is 7.32. The van der Waals surface area contributed by atoms with Gasteiger partial charge in [0, 0.05) is 25.0 Å². The van der Waals surface area contributed by atoms with Crippen molar-refractivity contribution < 1.29 is 9.53 Å². The molecule has 22 heavy (non-hydrogen) atoms. The summed E-state index contributed by atoms with van der Waals surface area (Å²) in [4.78, 5) is 17.9. The van der Waals surface area contributed by atoms with Crippen molar-refractivity contribution in [3.8, 4) is 17.0 Å². The van der Waals surface area contributed by atoms with Crippen LogP contribution < -0.4 is 15.4 Å². The van der Waals surface area contributed by atoms with Crippen LogP contribution >= 0.6 is 0 Å². The third kappa shape index (κ3) is 1.81. The van der Waals surface area contributed by atoms with E-state index in [-0.39, 0.29) is 12.5 Å². The first-order chi connectivity index (χ1) is 10.6. The molecule has 1 aromatic carbocycles. The van der Waals surface area contributed by atoms with Gasteiger partial charge in [-0.3, -0.25) is 4.79 Å². The highest BCUT2D eigenvalue weighted by atomic mass is 16.5. The van der Waals surface area contributed by atoms with E-state index in [1.165, 1.54) is 0 Å². The topological polar surface area (TPSA) is 72.9 Å². The van der Waals surface area contributed by atoms with Crippen molar-refractivity contribution in [2.45, 2.75) is 0 Å². The van der Waals surface area contributed by atoms with Crippen molar-refractivity contribution in [1.82, 2.24) is 9.38 Å². The van der Waals surface area contributed by atoms with Crippen molar-refractivity contribution in [1.29, 1.82) is 0 Å². The highest BCUT2D eigenvalue weighted by Crippen LogP contribution is 2.35. The van der Waals surface area contributed by atoms with E-state index in [0.717, 1.165) is 22.6 Å². The number of benzene rings is 1. The Labute approximate surface area is 126 Å². The number of hydrogen-bond acceptors (Lipinski definition) is 4. The van der Waals surface area contributed by atoms with Gasteiger partial charge in [0.1, 0.15) is 5.75 Å². The number of carbonyl (C=O) groups is 1.